The third-order valence-corrected chi connectivity index (χ3v) is 4.89. The molecule has 21 heavy (non-hydrogen) atoms. The Labute approximate surface area is 131 Å². The van der Waals surface area contributed by atoms with Gasteiger partial charge in [0.05, 0.1) is 0 Å². The van der Waals surface area contributed by atoms with Crippen molar-refractivity contribution in [1.29, 1.82) is 0 Å². The molecule has 0 N–H and O–H groups in total. The summed E-state index contributed by atoms with van der Waals surface area (Å²) in [5, 5.41) is 0. The zero-order valence-electron chi connectivity index (χ0n) is 13.9. The topological polar surface area (TPSA) is 34.1 Å². The maximum atomic E-state index is 12.2. The van der Waals surface area contributed by atoms with Crippen LogP contribution in [-0.4, -0.2) is 12.1 Å². The predicted octanol–water partition coefficient (Wildman–Crippen LogP) is 5.48. The maximum absolute atomic E-state index is 12.2. The SMILES string of the molecule is CCCCCCCC[C@@H](C=O)C[C@H]1CCCCCCC1=O. The predicted molar refractivity (Wildman–Crippen MR) is 88.4 cm³/mol. The number of ketones is 1. The molecule has 2 nitrogen and oxygen atoms in total. The van der Waals surface area contributed by atoms with Crippen LogP contribution in [0.4, 0.5) is 0 Å². The Bertz CT molecular complexity index is 285. The highest BCUT2D eigenvalue weighted by Crippen LogP contribution is 2.26. The van der Waals surface area contributed by atoms with Gasteiger partial charge in [0, 0.05) is 18.3 Å². The van der Waals surface area contributed by atoms with Crippen LogP contribution in [0.1, 0.15) is 96.8 Å². The van der Waals surface area contributed by atoms with Gasteiger partial charge in [-0.3, -0.25) is 4.79 Å². The molecule has 2 atom stereocenters. The van der Waals surface area contributed by atoms with Gasteiger partial charge in [-0.15, -0.1) is 0 Å². The van der Waals surface area contributed by atoms with E-state index in [1.165, 1.54) is 51.4 Å². The summed E-state index contributed by atoms with van der Waals surface area (Å²) in [6.45, 7) is 2.23. The van der Waals surface area contributed by atoms with Crippen LogP contribution in [0.3, 0.4) is 0 Å². The summed E-state index contributed by atoms with van der Waals surface area (Å²) in [5.41, 5.74) is 0. The van der Waals surface area contributed by atoms with Crippen LogP contribution in [0, 0.1) is 11.8 Å². The summed E-state index contributed by atoms with van der Waals surface area (Å²) in [6, 6.07) is 0. The van der Waals surface area contributed by atoms with Crippen molar-refractivity contribution >= 4 is 12.1 Å². The summed E-state index contributed by atoms with van der Waals surface area (Å²) in [4.78, 5) is 23.4. The van der Waals surface area contributed by atoms with Crippen LogP contribution in [0.2, 0.25) is 0 Å². The minimum atomic E-state index is 0.115. The highest BCUT2D eigenvalue weighted by Gasteiger charge is 2.23. The lowest BCUT2D eigenvalue weighted by Gasteiger charge is -2.21. The van der Waals surface area contributed by atoms with Crippen molar-refractivity contribution < 1.29 is 9.59 Å². The fourth-order valence-corrected chi connectivity index (χ4v) is 3.45. The molecule has 0 aromatic carbocycles. The number of Topliss-reactive ketones (excluding diaryl/α,β-unsaturated/α-hetero) is 1. The van der Waals surface area contributed by atoms with Crippen LogP contribution in [0.15, 0.2) is 0 Å². The van der Waals surface area contributed by atoms with E-state index in [4.69, 9.17) is 0 Å². The summed E-state index contributed by atoms with van der Waals surface area (Å²) in [7, 11) is 0. The first-order valence-corrected chi connectivity index (χ1v) is 9.26. The summed E-state index contributed by atoms with van der Waals surface area (Å²) >= 11 is 0. The lowest BCUT2D eigenvalue weighted by Crippen LogP contribution is -2.20. The van der Waals surface area contributed by atoms with Crippen molar-refractivity contribution in [2.24, 2.45) is 11.8 Å². The molecule has 0 aliphatic heterocycles. The zero-order chi connectivity index (χ0) is 15.3. The number of carbonyl (C=O) groups excluding carboxylic acids is 2. The van der Waals surface area contributed by atoms with E-state index in [0.717, 1.165) is 44.8 Å². The second-order valence-corrected chi connectivity index (χ2v) is 6.80. The van der Waals surface area contributed by atoms with Crippen LogP contribution in [0.5, 0.6) is 0 Å². The second-order valence-electron chi connectivity index (χ2n) is 6.80. The highest BCUT2D eigenvalue weighted by atomic mass is 16.1. The third kappa shape index (κ3) is 8.38. The maximum Gasteiger partial charge on any atom is 0.135 e. The Kier molecular flexibility index (Phi) is 10.5. The van der Waals surface area contributed by atoms with Crippen LogP contribution < -0.4 is 0 Å². The minimum Gasteiger partial charge on any atom is -0.303 e. The van der Waals surface area contributed by atoms with E-state index >= 15 is 0 Å². The van der Waals surface area contributed by atoms with Gasteiger partial charge in [-0.05, 0) is 25.7 Å². The molecule has 0 saturated heterocycles. The highest BCUT2D eigenvalue weighted by molar-refractivity contribution is 5.81. The molecule has 1 aliphatic rings. The fourth-order valence-electron chi connectivity index (χ4n) is 3.45. The van der Waals surface area contributed by atoms with Gasteiger partial charge in [0.25, 0.3) is 0 Å². The van der Waals surface area contributed by atoms with E-state index in [1.54, 1.807) is 0 Å². The van der Waals surface area contributed by atoms with E-state index in [-0.39, 0.29) is 11.8 Å². The molecule has 1 saturated carbocycles. The van der Waals surface area contributed by atoms with Gasteiger partial charge in [-0.2, -0.15) is 0 Å². The molecule has 1 aliphatic carbocycles. The van der Waals surface area contributed by atoms with Crippen LogP contribution in [-0.2, 0) is 9.59 Å². The lowest BCUT2D eigenvalue weighted by molar-refractivity contribution is -0.124. The number of carbonyl (C=O) groups is 2. The van der Waals surface area contributed by atoms with Crippen LogP contribution in [0.25, 0.3) is 0 Å². The Morgan fingerprint density at radius 1 is 1.05 bits per heavy atom. The van der Waals surface area contributed by atoms with E-state index in [1.807, 2.05) is 0 Å². The quantitative estimate of drug-likeness (QED) is 0.395. The average Bonchev–Trinajstić information content (AvgIpc) is 2.48. The molecule has 1 rings (SSSR count). The van der Waals surface area contributed by atoms with Gasteiger partial charge in [0.1, 0.15) is 12.1 Å². The van der Waals surface area contributed by atoms with Gasteiger partial charge in [0.2, 0.25) is 0 Å². The molecule has 0 heterocycles. The van der Waals surface area contributed by atoms with Crippen molar-refractivity contribution in [1.82, 2.24) is 0 Å². The van der Waals surface area contributed by atoms with Crippen molar-refractivity contribution in [2.45, 2.75) is 96.8 Å². The third-order valence-electron chi connectivity index (χ3n) is 4.89. The normalized spacial score (nSPS) is 21.6. The summed E-state index contributed by atoms with van der Waals surface area (Å²) < 4.78 is 0. The number of hydrogen-bond acceptors (Lipinski definition) is 2. The van der Waals surface area contributed by atoms with Gasteiger partial charge < -0.3 is 4.79 Å². The van der Waals surface area contributed by atoms with Crippen molar-refractivity contribution in [2.75, 3.05) is 0 Å². The first-order chi connectivity index (χ1) is 10.3. The number of rotatable bonds is 10. The summed E-state index contributed by atoms with van der Waals surface area (Å²) in [5.74, 6) is 0.703. The minimum absolute atomic E-state index is 0.115. The Morgan fingerprint density at radius 2 is 1.76 bits per heavy atom. The lowest BCUT2D eigenvalue weighted by atomic mass is 9.82. The molecule has 1 fully saturated rings. The second kappa shape index (κ2) is 11.9. The molecule has 0 radical (unpaired) electrons. The Balaban J connectivity index is 2.24. The van der Waals surface area contributed by atoms with Gasteiger partial charge in [-0.1, -0.05) is 64.7 Å². The van der Waals surface area contributed by atoms with Crippen LogP contribution >= 0.6 is 0 Å². The molecule has 0 amide bonds. The number of hydrogen-bond donors (Lipinski definition) is 0. The van der Waals surface area contributed by atoms with Gasteiger partial charge in [-0.25, -0.2) is 0 Å². The number of unbranched alkanes of at least 4 members (excludes halogenated alkanes) is 5. The molecule has 0 spiro atoms. The molecule has 0 bridgehead atoms. The Morgan fingerprint density at radius 3 is 2.52 bits per heavy atom. The fraction of sp³-hybridized carbons (Fsp3) is 0.895. The largest absolute Gasteiger partial charge is 0.303 e. The molecule has 0 unspecified atom stereocenters. The molecular formula is C19H34O2. The van der Waals surface area contributed by atoms with Gasteiger partial charge in [0.15, 0.2) is 0 Å². The first-order valence-electron chi connectivity index (χ1n) is 9.26. The number of aldehydes is 1. The summed E-state index contributed by atoms with van der Waals surface area (Å²) in [6.07, 6.45) is 17.0. The molecule has 0 aromatic heterocycles. The molecule has 0 aromatic rings. The Hall–Kier alpha value is -0.660. The van der Waals surface area contributed by atoms with E-state index in [0.29, 0.717) is 5.78 Å². The molecule has 122 valence electrons. The van der Waals surface area contributed by atoms with Crippen molar-refractivity contribution in [3.05, 3.63) is 0 Å². The average molecular weight is 294 g/mol. The first kappa shape index (κ1) is 18.4. The zero-order valence-corrected chi connectivity index (χ0v) is 13.9. The smallest absolute Gasteiger partial charge is 0.135 e. The van der Waals surface area contributed by atoms with Gasteiger partial charge >= 0.3 is 0 Å². The van der Waals surface area contributed by atoms with Crippen molar-refractivity contribution in [3.8, 4) is 0 Å². The molecule has 2 heteroatoms. The van der Waals surface area contributed by atoms with E-state index < -0.39 is 0 Å². The van der Waals surface area contributed by atoms with E-state index in [9.17, 15) is 9.59 Å². The molecular weight excluding hydrogens is 260 g/mol. The van der Waals surface area contributed by atoms with Crippen molar-refractivity contribution in [3.63, 3.8) is 0 Å². The van der Waals surface area contributed by atoms with E-state index in [2.05, 4.69) is 6.92 Å². The standard InChI is InChI=1S/C19H34O2/c1-2-3-4-5-6-9-12-17(16-20)15-18-13-10-7-8-11-14-19(18)21/h16-18H,2-15H2,1H3/t17-,18-/m1/s1. The monoisotopic (exact) mass is 294 g/mol.